The van der Waals surface area contributed by atoms with Gasteiger partial charge in [0.15, 0.2) is 0 Å². The van der Waals surface area contributed by atoms with Gasteiger partial charge in [-0.05, 0) is 13.0 Å². The minimum Gasteiger partial charge on any atom is -0.498 e. The van der Waals surface area contributed by atoms with Crippen LogP contribution in [0.1, 0.15) is 20.3 Å². The standard InChI is InChI=1S/C11H18BNO5/c1-8(2)4-9(14)5-12-17-10(15)6-13(3)7-11(16)18-12/h8H,4-7H2,1-3H3. The molecular weight excluding hydrogens is 237 g/mol. The molecule has 6 nitrogen and oxygen atoms in total. The molecule has 0 N–H and O–H groups in total. The molecule has 0 aromatic carbocycles. The Hall–Kier alpha value is -1.37. The zero-order valence-electron chi connectivity index (χ0n) is 11.0. The van der Waals surface area contributed by atoms with Crippen LogP contribution in [-0.4, -0.2) is 49.9 Å². The minimum atomic E-state index is -1.08. The second-order valence-corrected chi connectivity index (χ2v) is 4.92. The highest BCUT2D eigenvalue weighted by Gasteiger charge is 2.33. The van der Waals surface area contributed by atoms with Crippen molar-refractivity contribution in [3.8, 4) is 0 Å². The van der Waals surface area contributed by atoms with Crippen molar-refractivity contribution in [1.29, 1.82) is 0 Å². The van der Waals surface area contributed by atoms with Gasteiger partial charge in [0.25, 0.3) is 0 Å². The van der Waals surface area contributed by atoms with Crippen molar-refractivity contribution in [2.45, 2.75) is 26.6 Å². The molecular formula is C11H18BNO5. The molecule has 1 aliphatic rings. The zero-order chi connectivity index (χ0) is 13.7. The van der Waals surface area contributed by atoms with Crippen LogP contribution in [0, 0.1) is 5.92 Å². The predicted molar refractivity (Wildman–Crippen MR) is 64.7 cm³/mol. The summed E-state index contributed by atoms with van der Waals surface area (Å²) in [4.78, 5) is 35.9. The summed E-state index contributed by atoms with van der Waals surface area (Å²) in [5.74, 6) is -0.840. The number of Topliss-reactive ketones (excluding diaryl/α,β-unsaturated/α-hetero) is 1. The number of nitrogens with zero attached hydrogens (tertiary/aromatic N) is 1. The number of hydrogen-bond acceptors (Lipinski definition) is 6. The van der Waals surface area contributed by atoms with E-state index in [2.05, 4.69) is 0 Å². The van der Waals surface area contributed by atoms with E-state index in [-0.39, 0.29) is 31.1 Å². The normalized spacial score (nSPS) is 18.1. The summed E-state index contributed by atoms with van der Waals surface area (Å²) in [5, 5.41) is 0. The smallest absolute Gasteiger partial charge is 0.498 e. The Labute approximate surface area is 107 Å². The summed E-state index contributed by atoms with van der Waals surface area (Å²) in [5.41, 5.74) is 0. The van der Waals surface area contributed by atoms with Gasteiger partial charge in [-0.25, -0.2) is 0 Å². The van der Waals surface area contributed by atoms with Gasteiger partial charge >= 0.3 is 19.1 Å². The van der Waals surface area contributed by atoms with Gasteiger partial charge in [0.2, 0.25) is 0 Å². The van der Waals surface area contributed by atoms with Gasteiger partial charge in [-0.2, -0.15) is 0 Å². The van der Waals surface area contributed by atoms with Gasteiger partial charge in [-0.1, -0.05) is 13.8 Å². The van der Waals surface area contributed by atoms with Crippen molar-refractivity contribution in [2.24, 2.45) is 5.92 Å². The van der Waals surface area contributed by atoms with E-state index in [0.29, 0.717) is 6.42 Å². The summed E-state index contributed by atoms with van der Waals surface area (Å²) >= 11 is 0. The Balaban J connectivity index is 2.55. The lowest BCUT2D eigenvalue weighted by atomic mass is 9.80. The molecule has 0 aromatic rings. The topological polar surface area (TPSA) is 72.9 Å². The van der Waals surface area contributed by atoms with Crippen LogP contribution in [0.2, 0.25) is 6.32 Å². The highest BCUT2D eigenvalue weighted by molar-refractivity contribution is 6.53. The van der Waals surface area contributed by atoms with Crippen molar-refractivity contribution in [2.75, 3.05) is 20.1 Å². The van der Waals surface area contributed by atoms with Crippen molar-refractivity contribution in [1.82, 2.24) is 4.90 Å². The van der Waals surface area contributed by atoms with Gasteiger partial charge in [0.1, 0.15) is 5.78 Å². The van der Waals surface area contributed by atoms with Gasteiger partial charge < -0.3 is 14.1 Å². The van der Waals surface area contributed by atoms with Crippen LogP contribution >= 0.6 is 0 Å². The first-order chi connectivity index (χ1) is 8.36. The molecule has 0 unspecified atom stereocenters. The van der Waals surface area contributed by atoms with Crippen LogP contribution in [-0.2, 0) is 23.7 Å². The fraction of sp³-hybridized carbons (Fsp3) is 0.727. The maximum atomic E-state index is 11.6. The third kappa shape index (κ3) is 5.31. The molecule has 100 valence electrons. The maximum absolute atomic E-state index is 11.6. The van der Waals surface area contributed by atoms with Crippen molar-refractivity contribution in [3.63, 3.8) is 0 Å². The molecule has 1 fully saturated rings. The van der Waals surface area contributed by atoms with E-state index in [4.69, 9.17) is 9.31 Å². The number of carbonyl (C=O) groups excluding carboxylic acids is 3. The van der Waals surface area contributed by atoms with Crippen molar-refractivity contribution >= 4 is 24.8 Å². The Bertz CT molecular complexity index is 324. The highest BCUT2D eigenvalue weighted by atomic mass is 16.6. The molecule has 0 bridgehead atoms. The van der Waals surface area contributed by atoms with Crippen molar-refractivity contribution in [3.05, 3.63) is 0 Å². The average molecular weight is 255 g/mol. The van der Waals surface area contributed by atoms with E-state index in [0.717, 1.165) is 0 Å². The molecule has 18 heavy (non-hydrogen) atoms. The summed E-state index contributed by atoms with van der Waals surface area (Å²) in [6, 6.07) is 0. The van der Waals surface area contributed by atoms with E-state index in [1.165, 1.54) is 4.90 Å². The van der Waals surface area contributed by atoms with Crippen LogP contribution in [0.5, 0.6) is 0 Å². The Morgan fingerprint density at radius 2 is 1.78 bits per heavy atom. The quantitative estimate of drug-likeness (QED) is 0.664. The van der Waals surface area contributed by atoms with E-state index in [1.54, 1.807) is 7.05 Å². The number of likely N-dealkylation sites (N-methyl/N-ethyl adjacent to an activating group) is 1. The van der Waals surface area contributed by atoms with E-state index >= 15 is 0 Å². The van der Waals surface area contributed by atoms with Gasteiger partial charge in [-0.3, -0.25) is 14.5 Å². The highest BCUT2D eigenvalue weighted by Crippen LogP contribution is 2.09. The molecule has 0 radical (unpaired) electrons. The monoisotopic (exact) mass is 255 g/mol. The summed E-state index contributed by atoms with van der Waals surface area (Å²) in [6.07, 6.45) is 0.310. The average Bonchev–Trinajstić information content (AvgIpc) is 2.11. The van der Waals surface area contributed by atoms with Crippen LogP contribution in [0.3, 0.4) is 0 Å². The Morgan fingerprint density at radius 3 is 2.22 bits per heavy atom. The Morgan fingerprint density at radius 1 is 1.28 bits per heavy atom. The minimum absolute atomic E-state index is 0.0178. The predicted octanol–water partition coefficient (Wildman–Crippen LogP) is 0.122. The lowest BCUT2D eigenvalue weighted by Gasteiger charge is -2.22. The third-order valence-corrected chi connectivity index (χ3v) is 2.35. The molecule has 1 aliphatic heterocycles. The lowest BCUT2D eigenvalue weighted by Crippen LogP contribution is -2.43. The molecule has 0 saturated carbocycles. The second-order valence-electron chi connectivity index (χ2n) is 4.92. The Kier molecular flexibility index (Phi) is 5.34. The molecule has 0 atom stereocenters. The first-order valence-electron chi connectivity index (χ1n) is 5.96. The van der Waals surface area contributed by atoms with Crippen LogP contribution < -0.4 is 0 Å². The van der Waals surface area contributed by atoms with Crippen LogP contribution in [0.15, 0.2) is 0 Å². The third-order valence-electron chi connectivity index (χ3n) is 2.35. The summed E-state index contributed by atoms with van der Waals surface area (Å²) in [6.45, 7) is 3.87. The molecule has 1 rings (SSSR count). The molecule has 0 aliphatic carbocycles. The number of carbonyl (C=O) groups is 3. The maximum Gasteiger partial charge on any atom is 0.606 e. The lowest BCUT2D eigenvalue weighted by molar-refractivity contribution is -0.145. The van der Waals surface area contributed by atoms with E-state index < -0.39 is 19.1 Å². The first kappa shape index (κ1) is 14.7. The van der Waals surface area contributed by atoms with Crippen LogP contribution in [0.25, 0.3) is 0 Å². The molecule has 7 heteroatoms. The summed E-state index contributed by atoms with van der Waals surface area (Å²) < 4.78 is 9.88. The molecule has 0 amide bonds. The summed E-state index contributed by atoms with van der Waals surface area (Å²) in [7, 11) is 0.539. The van der Waals surface area contributed by atoms with E-state index in [1.807, 2.05) is 13.8 Å². The molecule has 0 aromatic heterocycles. The zero-order valence-corrected chi connectivity index (χ0v) is 11.0. The second kappa shape index (κ2) is 6.54. The largest absolute Gasteiger partial charge is 0.606 e. The molecule has 1 saturated heterocycles. The van der Waals surface area contributed by atoms with Gasteiger partial charge in [0, 0.05) is 6.42 Å². The number of hydrogen-bond donors (Lipinski definition) is 0. The molecule has 1 heterocycles. The SMILES string of the molecule is CC(C)CC(=O)CB1OC(=O)CN(C)CC(=O)O1. The fourth-order valence-electron chi connectivity index (χ4n) is 1.70. The number of ketones is 1. The van der Waals surface area contributed by atoms with Gasteiger partial charge in [-0.15, -0.1) is 0 Å². The fourth-order valence-corrected chi connectivity index (χ4v) is 1.70. The van der Waals surface area contributed by atoms with Gasteiger partial charge in [0.05, 0.1) is 19.4 Å². The van der Waals surface area contributed by atoms with Crippen LogP contribution in [0.4, 0.5) is 0 Å². The number of rotatable bonds is 4. The first-order valence-corrected chi connectivity index (χ1v) is 5.96. The van der Waals surface area contributed by atoms with Crippen molar-refractivity contribution < 1.29 is 23.7 Å². The van der Waals surface area contributed by atoms with E-state index in [9.17, 15) is 14.4 Å². The molecule has 0 spiro atoms.